The van der Waals surface area contributed by atoms with Crippen LogP contribution in [0.2, 0.25) is 0 Å². The van der Waals surface area contributed by atoms with E-state index in [0.29, 0.717) is 5.41 Å². The molecule has 2 aliphatic rings. The molecule has 0 atom stereocenters. The fourth-order valence-electron chi connectivity index (χ4n) is 2.82. The highest BCUT2D eigenvalue weighted by molar-refractivity contribution is 4.88. The Morgan fingerprint density at radius 3 is 2.12 bits per heavy atom. The molecule has 0 unspecified atom stereocenters. The Morgan fingerprint density at radius 2 is 1.69 bits per heavy atom. The van der Waals surface area contributed by atoms with Gasteiger partial charge in [0.1, 0.15) is 0 Å². The van der Waals surface area contributed by atoms with Gasteiger partial charge in [0, 0.05) is 12.6 Å². The van der Waals surface area contributed by atoms with Crippen molar-refractivity contribution in [3.05, 3.63) is 0 Å². The van der Waals surface area contributed by atoms with Gasteiger partial charge in [0.15, 0.2) is 0 Å². The Labute approximate surface area is 101 Å². The average molecular weight is 227 g/mol. The van der Waals surface area contributed by atoms with Crippen LogP contribution in [0, 0.1) is 5.41 Å². The minimum absolute atomic E-state index is 0.559. The summed E-state index contributed by atoms with van der Waals surface area (Å²) in [7, 11) is 0. The van der Waals surface area contributed by atoms with Crippen molar-refractivity contribution in [1.82, 2.24) is 4.90 Å². The first-order valence-electron chi connectivity index (χ1n) is 7.04. The van der Waals surface area contributed by atoms with Crippen molar-refractivity contribution < 1.29 is 4.74 Å². The van der Waals surface area contributed by atoms with E-state index in [1.165, 1.54) is 38.8 Å². The molecule has 0 aromatic rings. The van der Waals surface area contributed by atoms with Crippen LogP contribution in [-0.2, 0) is 4.74 Å². The second-order valence-corrected chi connectivity index (χ2v) is 5.29. The number of hydrogen-bond acceptors (Lipinski definition) is 2. The monoisotopic (exact) mass is 227 g/mol. The van der Waals surface area contributed by atoms with Crippen molar-refractivity contribution >= 4 is 0 Å². The van der Waals surface area contributed by atoms with Crippen molar-refractivity contribution in [3.63, 3.8) is 0 Å². The summed E-state index contributed by atoms with van der Waals surface area (Å²) in [6.45, 7) is 13.2. The van der Waals surface area contributed by atoms with Gasteiger partial charge in [0.05, 0.1) is 6.61 Å². The topological polar surface area (TPSA) is 12.5 Å². The maximum atomic E-state index is 5.64. The van der Waals surface area contributed by atoms with Gasteiger partial charge in [-0.3, -0.25) is 0 Å². The molecule has 2 fully saturated rings. The summed E-state index contributed by atoms with van der Waals surface area (Å²) in [5.74, 6) is 0. The Hall–Kier alpha value is -0.0800. The van der Waals surface area contributed by atoms with Gasteiger partial charge >= 0.3 is 0 Å². The third-order valence-electron chi connectivity index (χ3n) is 3.99. The second kappa shape index (κ2) is 6.61. The highest BCUT2D eigenvalue weighted by Crippen LogP contribution is 2.39. The summed E-state index contributed by atoms with van der Waals surface area (Å²) in [4.78, 5) is 2.60. The fraction of sp³-hybridized carbons (Fsp3) is 1.00. The minimum atomic E-state index is 0.559. The van der Waals surface area contributed by atoms with Gasteiger partial charge < -0.3 is 9.64 Å². The SMILES string of the molecule is CC.CC(C)N1CCC2(CCCOC2)CC1. The number of rotatable bonds is 1. The van der Waals surface area contributed by atoms with Crippen LogP contribution >= 0.6 is 0 Å². The van der Waals surface area contributed by atoms with Gasteiger partial charge in [-0.1, -0.05) is 13.8 Å². The first-order valence-corrected chi connectivity index (χ1v) is 7.04. The Morgan fingerprint density at radius 1 is 1.06 bits per heavy atom. The van der Waals surface area contributed by atoms with Crippen LogP contribution in [0.25, 0.3) is 0 Å². The van der Waals surface area contributed by atoms with Crippen LogP contribution in [-0.4, -0.2) is 37.2 Å². The number of piperidine rings is 1. The molecule has 2 heteroatoms. The van der Waals surface area contributed by atoms with Crippen LogP contribution in [0.1, 0.15) is 53.4 Å². The number of ether oxygens (including phenoxy) is 1. The zero-order valence-electron chi connectivity index (χ0n) is 11.6. The van der Waals surface area contributed by atoms with Crippen LogP contribution < -0.4 is 0 Å². The molecular weight excluding hydrogens is 198 g/mol. The number of hydrogen-bond donors (Lipinski definition) is 0. The van der Waals surface area contributed by atoms with E-state index in [9.17, 15) is 0 Å². The molecule has 0 N–H and O–H groups in total. The molecule has 0 aromatic heterocycles. The molecule has 2 saturated heterocycles. The summed E-state index contributed by atoms with van der Waals surface area (Å²) in [5, 5.41) is 0. The van der Waals surface area contributed by atoms with E-state index in [2.05, 4.69) is 18.7 Å². The zero-order valence-corrected chi connectivity index (χ0v) is 11.6. The van der Waals surface area contributed by atoms with Gasteiger partial charge in [0.25, 0.3) is 0 Å². The molecule has 96 valence electrons. The predicted octanol–water partition coefficient (Wildman–Crippen LogP) is 3.31. The molecule has 0 amide bonds. The third kappa shape index (κ3) is 3.46. The van der Waals surface area contributed by atoms with Crippen molar-refractivity contribution in [2.45, 2.75) is 59.4 Å². The average Bonchev–Trinajstić information content (AvgIpc) is 2.33. The van der Waals surface area contributed by atoms with Crippen molar-refractivity contribution in [2.24, 2.45) is 5.41 Å². The summed E-state index contributed by atoms with van der Waals surface area (Å²) < 4.78 is 5.64. The molecule has 1 spiro atoms. The maximum Gasteiger partial charge on any atom is 0.0523 e. The third-order valence-corrected chi connectivity index (χ3v) is 3.99. The van der Waals surface area contributed by atoms with Gasteiger partial charge in [0.2, 0.25) is 0 Å². The highest BCUT2D eigenvalue weighted by Gasteiger charge is 2.36. The number of likely N-dealkylation sites (tertiary alicyclic amines) is 1. The lowest BCUT2D eigenvalue weighted by atomic mass is 9.74. The summed E-state index contributed by atoms with van der Waals surface area (Å²) in [6.07, 6.45) is 5.39. The van der Waals surface area contributed by atoms with E-state index < -0.39 is 0 Å². The molecule has 0 aliphatic carbocycles. The van der Waals surface area contributed by atoms with E-state index in [0.717, 1.165) is 19.3 Å². The van der Waals surface area contributed by atoms with Crippen molar-refractivity contribution in [1.29, 1.82) is 0 Å². The summed E-state index contributed by atoms with van der Waals surface area (Å²) in [6, 6.07) is 0.719. The van der Waals surface area contributed by atoms with Crippen LogP contribution in [0.5, 0.6) is 0 Å². The molecule has 2 heterocycles. The quantitative estimate of drug-likeness (QED) is 0.681. The normalized spacial score (nSPS) is 25.3. The first kappa shape index (κ1) is 14.0. The minimum Gasteiger partial charge on any atom is -0.381 e. The molecule has 0 radical (unpaired) electrons. The maximum absolute atomic E-state index is 5.64. The van der Waals surface area contributed by atoms with Crippen LogP contribution in [0.3, 0.4) is 0 Å². The second-order valence-electron chi connectivity index (χ2n) is 5.29. The van der Waals surface area contributed by atoms with Gasteiger partial charge in [-0.05, 0) is 58.0 Å². The molecular formula is C14H29NO. The van der Waals surface area contributed by atoms with E-state index in [4.69, 9.17) is 4.74 Å². The van der Waals surface area contributed by atoms with Gasteiger partial charge in [-0.2, -0.15) is 0 Å². The molecule has 16 heavy (non-hydrogen) atoms. The number of nitrogens with zero attached hydrogens (tertiary/aromatic N) is 1. The Bertz CT molecular complexity index is 175. The molecule has 2 nitrogen and oxygen atoms in total. The predicted molar refractivity (Wildman–Crippen MR) is 69.8 cm³/mol. The first-order chi connectivity index (χ1) is 7.72. The summed E-state index contributed by atoms with van der Waals surface area (Å²) >= 11 is 0. The van der Waals surface area contributed by atoms with E-state index in [1.54, 1.807) is 0 Å². The summed E-state index contributed by atoms with van der Waals surface area (Å²) in [5.41, 5.74) is 0.559. The molecule has 0 bridgehead atoms. The molecule has 0 aromatic carbocycles. The highest BCUT2D eigenvalue weighted by atomic mass is 16.5. The van der Waals surface area contributed by atoms with Gasteiger partial charge in [-0.15, -0.1) is 0 Å². The molecule has 2 aliphatic heterocycles. The lowest BCUT2D eigenvalue weighted by Crippen LogP contribution is -2.46. The van der Waals surface area contributed by atoms with E-state index in [-0.39, 0.29) is 0 Å². The van der Waals surface area contributed by atoms with Crippen molar-refractivity contribution in [3.8, 4) is 0 Å². The Balaban J connectivity index is 0.000000606. The molecule has 0 saturated carbocycles. The largest absolute Gasteiger partial charge is 0.381 e. The lowest BCUT2D eigenvalue weighted by molar-refractivity contribution is -0.0465. The van der Waals surface area contributed by atoms with E-state index >= 15 is 0 Å². The van der Waals surface area contributed by atoms with Crippen LogP contribution in [0.4, 0.5) is 0 Å². The zero-order chi connectivity index (χ0) is 12.0. The van der Waals surface area contributed by atoms with Crippen molar-refractivity contribution in [2.75, 3.05) is 26.3 Å². The lowest BCUT2D eigenvalue weighted by Gasteiger charge is -2.45. The Kier molecular flexibility index (Phi) is 5.77. The smallest absolute Gasteiger partial charge is 0.0523 e. The molecule has 2 rings (SSSR count). The van der Waals surface area contributed by atoms with Gasteiger partial charge in [-0.25, -0.2) is 0 Å². The van der Waals surface area contributed by atoms with Crippen LogP contribution in [0.15, 0.2) is 0 Å². The fourth-order valence-corrected chi connectivity index (χ4v) is 2.82. The van der Waals surface area contributed by atoms with E-state index in [1.807, 2.05) is 13.8 Å². The standard InChI is InChI=1S/C12H23NO.C2H6/c1-11(2)13-7-5-12(6-8-13)4-3-9-14-10-12;1-2/h11H,3-10H2,1-2H3;1-2H3.